The van der Waals surface area contributed by atoms with Crippen molar-refractivity contribution in [2.75, 3.05) is 39.5 Å². The molecular weight excluding hydrogens is 468 g/mol. The summed E-state index contributed by atoms with van der Waals surface area (Å²) in [4.78, 5) is 16.1. The third-order valence-corrected chi connectivity index (χ3v) is 4.82. The van der Waals surface area contributed by atoms with E-state index in [4.69, 9.17) is 18.6 Å². The molecule has 1 aromatic heterocycles. The van der Waals surface area contributed by atoms with Crippen LogP contribution < -0.4 is 10.7 Å². The number of phenols is 3. The van der Waals surface area contributed by atoms with Crippen molar-refractivity contribution < 1.29 is 38.7 Å². The summed E-state index contributed by atoms with van der Waals surface area (Å²) < 4.78 is 22.0. The summed E-state index contributed by atoms with van der Waals surface area (Å²) in [5.74, 6) is -1.16. The van der Waals surface area contributed by atoms with Gasteiger partial charge in [-0.05, 0) is 20.8 Å². The number of hydrogen-bond donors (Lipinski definition) is 4. The first-order valence-corrected chi connectivity index (χ1v) is 11.6. The summed E-state index contributed by atoms with van der Waals surface area (Å²) in [6.45, 7) is 7.27. The molecule has 3 aromatic rings. The van der Waals surface area contributed by atoms with Gasteiger partial charge in [-0.15, -0.1) is 0 Å². The summed E-state index contributed by atoms with van der Waals surface area (Å²) in [5, 5.41) is 33.5. The fraction of sp³-hybridized carbons (Fsp3) is 0.385. The van der Waals surface area contributed by atoms with Crippen molar-refractivity contribution in [3.8, 4) is 28.6 Å². The molecule has 36 heavy (non-hydrogen) atoms. The molecule has 0 saturated heterocycles. The molecule has 10 heteroatoms. The summed E-state index contributed by atoms with van der Waals surface area (Å²) in [6.07, 6.45) is -0.491. The van der Waals surface area contributed by atoms with E-state index in [2.05, 4.69) is 10.3 Å². The first-order valence-electron chi connectivity index (χ1n) is 11.6. The van der Waals surface area contributed by atoms with E-state index < -0.39 is 28.9 Å². The second-order valence-corrected chi connectivity index (χ2v) is 8.86. The lowest BCUT2D eigenvalue weighted by molar-refractivity contribution is 0.0411. The van der Waals surface area contributed by atoms with Crippen LogP contribution in [-0.4, -0.2) is 66.5 Å². The lowest BCUT2D eigenvalue weighted by Crippen LogP contribution is -2.34. The van der Waals surface area contributed by atoms with E-state index in [9.17, 15) is 20.1 Å². The highest BCUT2D eigenvalue weighted by Gasteiger charge is 2.17. The van der Waals surface area contributed by atoms with Crippen molar-refractivity contribution in [2.24, 2.45) is 4.99 Å². The highest BCUT2D eigenvalue weighted by Crippen LogP contribution is 2.40. The molecule has 1 amide bonds. The number of aromatic hydroxyl groups is 3. The van der Waals surface area contributed by atoms with Crippen molar-refractivity contribution in [1.82, 2.24) is 5.32 Å². The third kappa shape index (κ3) is 7.62. The maximum absolute atomic E-state index is 11.6. The van der Waals surface area contributed by atoms with E-state index >= 15 is 0 Å². The molecule has 0 aliphatic carbocycles. The Balaban J connectivity index is 1.55. The Morgan fingerprint density at radius 1 is 0.972 bits per heavy atom. The Morgan fingerprint density at radius 2 is 1.67 bits per heavy atom. The number of fused-ring (bicyclic) bond motifs is 1. The SMILES string of the molecule is CC(C)(C)OC(=O)NCCOCCOCC/N=c1/cc(-c2ccccc2)oc2cc(O)c(O)c(O)c12. The number of ether oxygens (including phenoxy) is 3. The van der Waals surface area contributed by atoms with Gasteiger partial charge in [-0.1, -0.05) is 30.3 Å². The van der Waals surface area contributed by atoms with Crippen molar-refractivity contribution in [3.63, 3.8) is 0 Å². The van der Waals surface area contributed by atoms with Crippen LogP contribution >= 0.6 is 0 Å². The number of alkyl carbamates (subject to hydrolysis) is 1. The van der Waals surface area contributed by atoms with Crippen LogP contribution in [0.1, 0.15) is 20.8 Å². The van der Waals surface area contributed by atoms with Gasteiger partial charge in [0.05, 0.1) is 43.7 Å². The van der Waals surface area contributed by atoms with E-state index in [0.29, 0.717) is 44.1 Å². The molecule has 0 aliphatic heterocycles. The van der Waals surface area contributed by atoms with Crippen molar-refractivity contribution in [2.45, 2.75) is 26.4 Å². The standard InChI is InChI=1S/C26H32N2O8/c1-26(2,3)36-25(32)28-10-12-34-14-13-33-11-9-27-18-15-20(17-7-5-4-6-8-17)35-21-16-19(29)23(30)24(31)22(18)21/h4-8,15-16,29-31H,9-14H2,1-3H3,(H,28,32)/b27-18-. The molecule has 0 bridgehead atoms. The Hall–Kier alpha value is -3.76. The van der Waals surface area contributed by atoms with Gasteiger partial charge in [-0.2, -0.15) is 0 Å². The van der Waals surface area contributed by atoms with Crippen molar-refractivity contribution >= 4 is 17.1 Å². The zero-order valence-corrected chi connectivity index (χ0v) is 20.6. The molecule has 3 rings (SSSR count). The van der Waals surface area contributed by atoms with Crippen LogP contribution in [0.5, 0.6) is 17.2 Å². The van der Waals surface area contributed by atoms with Gasteiger partial charge in [0.2, 0.25) is 5.75 Å². The van der Waals surface area contributed by atoms with E-state index in [1.165, 1.54) is 6.07 Å². The summed E-state index contributed by atoms with van der Waals surface area (Å²) >= 11 is 0. The molecule has 0 aliphatic rings. The third-order valence-electron chi connectivity index (χ3n) is 4.82. The van der Waals surface area contributed by atoms with Crippen molar-refractivity contribution in [1.29, 1.82) is 0 Å². The fourth-order valence-electron chi connectivity index (χ4n) is 3.25. The number of nitrogens with zero attached hydrogens (tertiary/aromatic N) is 1. The van der Waals surface area contributed by atoms with Crippen LogP contribution in [0.2, 0.25) is 0 Å². The molecular formula is C26H32N2O8. The predicted octanol–water partition coefficient (Wildman–Crippen LogP) is 3.68. The predicted molar refractivity (Wildman–Crippen MR) is 133 cm³/mol. The molecule has 1 heterocycles. The topological polar surface area (TPSA) is 143 Å². The number of hydrogen-bond acceptors (Lipinski definition) is 9. The van der Waals surface area contributed by atoms with Crippen LogP contribution in [0.15, 0.2) is 51.9 Å². The van der Waals surface area contributed by atoms with Gasteiger partial charge in [-0.3, -0.25) is 4.99 Å². The maximum atomic E-state index is 11.6. The monoisotopic (exact) mass is 500 g/mol. The number of nitrogens with one attached hydrogen (secondary N) is 1. The second kappa shape index (κ2) is 12.3. The zero-order chi connectivity index (χ0) is 26.1. The lowest BCUT2D eigenvalue weighted by Gasteiger charge is -2.19. The highest BCUT2D eigenvalue weighted by atomic mass is 16.6. The van der Waals surface area contributed by atoms with Gasteiger partial charge < -0.3 is 39.3 Å². The van der Waals surface area contributed by atoms with Gasteiger partial charge in [0.15, 0.2) is 11.5 Å². The Morgan fingerprint density at radius 3 is 2.36 bits per heavy atom. The minimum Gasteiger partial charge on any atom is -0.504 e. The maximum Gasteiger partial charge on any atom is 0.407 e. The molecule has 4 N–H and O–H groups in total. The van der Waals surface area contributed by atoms with Gasteiger partial charge in [-0.25, -0.2) is 4.79 Å². The molecule has 0 radical (unpaired) electrons. The molecule has 10 nitrogen and oxygen atoms in total. The van der Waals surface area contributed by atoms with E-state index in [-0.39, 0.29) is 17.5 Å². The molecule has 0 fully saturated rings. The molecule has 0 atom stereocenters. The summed E-state index contributed by atoms with van der Waals surface area (Å²) in [6, 6.07) is 12.2. The average Bonchev–Trinajstić information content (AvgIpc) is 2.82. The van der Waals surface area contributed by atoms with Crippen LogP contribution in [0, 0.1) is 0 Å². The Bertz CT molecular complexity index is 1230. The van der Waals surface area contributed by atoms with Gasteiger partial charge in [0.25, 0.3) is 0 Å². The number of rotatable bonds is 10. The van der Waals surface area contributed by atoms with Gasteiger partial charge in [0.1, 0.15) is 16.9 Å². The summed E-state index contributed by atoms with van der Waals surface area (Å²) in [7, 11) is 0. The zero-order valence-electron chi connectivity index (χ0n) is 20.6. The molecule has 0 spiro atoms. The van der Waals surface area contributed by atoms with E-state index in [1.807, 2.05) is 30.3 Å². The minimum absolute atomic E-state index is 0.178. The molecule has 2 aromatic carbocycles. The largest absolute Gasteiger partial charge is 0.504 e. The molecule has 0 saturated carbocycles. The van der Waals surface area contributed by atoms with Gasteiger partial charge in [0, 0.05) is 24.2 Å². The second-order valence-electron chi connectivity index (χ2n) is 8.86. The van der Waals surface area contributed by atoms with E-state index in [1.54, 1.807) is 26.8 Å². The molecule has 194 valence electrons. The number of amides is 1. The smallest absolute Gasteiger partial charge is 0.407 e. The number of carbonyl (C=O) groups is 1. The Kier molecular flexibility index (Phi) is 9.15. The minimum atomic E-state index is -0.642. The van der Waals surface area contributed by atoms with Crippen LogP contribution in [0.25, 0.3) is 22.3 Å². The van der Waals surface area contributed by atoms with E-state index in [0.717, 1.165) is 5.56 Å². The van der Waals surface area contributed by atoms with Crippen molar-refractivity contribution in [3.05, 3.63) is 47.8 Å². The molecule has 0 unspecified atom stereocenters. The van der Waals surface area contributed by atoms with Crippen LogP contribution in [0.4, 0.5) is 4.79 Å². The van der Waals surface area contributed by atoms with Crippen LogP contribution in [-0.2, 0) is 14.2 Å². The first-order chi connectivity index (χ1) is 17.2. The lowest BCUT2D eigenvalue weighted by atomic mass is 10.1. The Labute approximate surface area is 208 Å². The number of benzene rings is 2. The number of carbonyl (C=O) groups excluding carboxylic acids is 1. The average molecular weight is 501 g/mol. The highest BCUT2D eigenvalue weighted by molar-refractivity contribution is 5.89. The number of phenolic OH excluding ortho intramolecular Hbond substituents is 3. The first kappa shape index (κ1) is 26.8. The van der Waals surface area contributed by atoms with Crippen LogP contribution in [0.3, 0.4) is 0 Å². The fourth-order valence-corrected chi connectivity index (χ4v) is 3.25. The summed E-state index contributed by atoms with van der Waals surface area (Å²) in [5.41, 5.74) is 0.420. The normalized spacial score (nSPS) is 12.1. The van der Waals surface area contributed by atoms with Gasteiger partial charge >= 0.3 is 6.09 Å². The quantitative estimate of drug-likeness (QED) is 0.244.